The molecule has 132 valence electrons. The maximum atomic E-state index is 12.2. The summed E-state index contributed by atoms with van der Waals surface area (Å²) in [5.41, 5.74) is 5.33. The first kappa shape index (κ1) is 16.6. The van der Waals surface area contributed by atoms with E-state index in [1.807, 2.05) is 42.8 Å². The average molecular weight is 366 g/mol. The van der Waals surface area contributed by atoms with E-state index >= 15 is 0 Å². The summed E-state index contributed by atoms with van der Waals surface area (Å²) in [6, 6.07) is 3.86. The maximum Gasteiger partial charge on any atom is 0.226 e. The number of nitrogens with one attached hydrogen (secondary N) is 1. The van der Waals surface area contributed by atoms with Gasteiger partial charge in [0, 0.05) is 29.4 Å². The molecule has 0 radical (unpaired) electrons. The lowest BCUT2D eigenvalue weighted by atomic mass is 10.1. The molecule has 1 N–H and O–H groups in total. The Balaban J connectivity index is 1.60. The third-order valence-electron chi connectivity index (χ3n) is 4.36. The van der Waals surface area contributed by atoms with Gasteiger partial charge in [0.05, 0.1) is 11.1 Å². The Morgan fingerprint density at radius 1 is 1.27 bits per heavy atom. The van der Waals surface area contributed by atoms with Crippen molar-refractivity contribution in [1.29, 1.82) is 0 Å². The van der Waals surface area contributed by atoms with Crippen molar-refractivity contribution in [1.82, 2.24) is 24.6 Å². The van der Waals surface area contributed by atoms with Crippen LogP contribution in [0, 0.1) is 20.8 Å². The van der Waals surface area contributed by atoms with Crippen LogP contribution in [0.5, 0.6) is 0 Å². The van der Waals surface area contributed by atoms with Crippen molar-refractivity contribution in [2.24, 2.45) is 0 Å². The molecule has 4 aromatic heterocycles. The molecule has 7 nitrogen and oxygen atoms in total. The minimum absolute atomic E-state index is 0.0504. The SMILES string of the molecule is Cc1csc(NC(=O)CCc2c(C)nc3c4cccnc4nn3c2C)n1. The van der Waals surface area contributed by atoms with Crippen LogP contribution in [-0.4, -0.2) is 30.5 Å². The number of carbonyl (C=O) groups excluding carboxylic acids is 1. The van der Waals surface area contributed by atoms with Crippen molar-refractivity contribution in [2.75, 3.05) is 5.32 Å². The molecule has 0 aromatic carbocycles. The van der Waals surface area contributed by atoms with Crippen LogP contribution in [-0.2, 0) is 11.2 Å². The van der Waals surface area contributed by atoms with Gasteiger partial charge in [-0.2, -0.15) is 0 Å². The number of thiazole rings is 1. The monoisotopic (exact) mass is 366 g/mol. The molecule has 4 aromatic rings. The minimum atomic E-state index is -0.0504. The maximum absolute atomic E-state index is 12.2. The number of carbonyl (C=O) groups is 1. The first-order valence-corrected chi connectivity index (χ1v) is 9.22. The van der Waals surface area contributed by atoms with Crippen molar-refractivity contribution in [3.8, 4) is 0 Å². The molecular weight excluding hydrogens is 348 g/mol. The van der Waals surface area contributed by atoms with Gasteiger partial charge < -0.3 is 5.32 Å². The molecule has 4 rings (SSSR count). The van der Waals surface area contributed by atoms with E-state index in [1.165, 1.54) is 11.3 Å². The number of aromatic nitrogens is 5. The molecule has 0 spiro atoms. The molecule has 0 aliphatic heterocycles. The molecule has 0 saturated carbocycles. The van der Waals surface area contributed by atoms with Crippen molar-refractivity contribution in [3.63, 3.8) is 0 Å². The highest BCUT2D eigenvalue weighted by atomic mass is 32.1. The number of amides is 1. The number of hydrogen-bond acceptors (Lipinski definition) is 6. The normalized spacial score (nSPS) is 11.3. The Morgan fingerprint density at radius 2 is 2.12 bits per heavy atom. The second-order valence-corrected chi connectivity index (χ2v) is 7.07. The van der Waals surface area contributed by atoms with E-state index in [0.29, 0.717) is 23.6 Å². The van der Waals surface area contributed by atoms with Crippen molar-refractivity contribution in [2.45, 2.75) is 33.6 Å². The Kier molecular flexibility index (Phi) is 4.12. The zero-order valence-electron chi connectivity index (χ0n) is 14.8. The molecule has 0 aliphatic carbocycles. The molecular formula is C18H18N6OS. The van der Waals surface area contributed by atoms with Crippen LogP contribution in [0.2, 0.25) is 0 Å². The second-order valence-electron chi connectivity index (χ2n) is 6.21. The molecule has 8 heteroatoms. The van der Waals surface area contributed by atoms with Crippen LogP contribution in [0.15, 0.2) is 23.7 Å². The highest BCUT2D eigenvalue weighted by molar-refractivity contribution is 7.13. The van der Waals surface area contributed by atoms with Crippen LogP contribution in [0.4, 0.5) is 5.13 Å². The van der Waals surface area contributed by atoms with Gasteiger partial charge in [0.1, 0.15) is 0 Å². The first-order valence-electron chi connectivity index (χ1n) is 8.34. The summed E-state index contributed by atoms with van der Waals surface area (Å²) in [5, 5.41) is 10.9. The summed E-state index contributed by atoms with van der Waals surface area (Å²) < 4.78 is 1.82. The molecule has 0 fully saturated rings. The summed E-state index contributed by atoms with van der Waals surface area (Å²) in [7, 11) is 0. The number of aryl methyl sites for hydroxylation is 3. The second kappa shape index (κ2) is 6.45. The van der Waals surface area contributed by atoms with E-state index in [0.717, 1.165) is 33.7 Å². The fraction of sp³-hybridized carbons (Fsp3) is 0.278. The van der Waals surface area contributed by atoms with Crippen LogP contribution < -0.4 is 5.32 Å². The van der Waals surface area contributed by atoms with Gasteiger partial charge in [0.25, 0.3) is 0 Å². The van der Waals surface area contributed by atoms with E-state index in [2.05, 4.69) is 20.4 Å². The summed E-state index contributed by atoms with van der Waals surface area (Å²) in [6.45, 7) is 5.88. The lowest BCUT2D eigenvalue weighted by Gasteiger charge is -2.10. The molecule has 0 saturated heterocycles. The highest BCUT2D eigenvalue weighted by Gasteiger charge is 2.15. The first-order chi connectivity index (χ1) is 12.5. The number of hydrogen-bond donors (Lipinski definition) is 1. The molecule has 0 atom stereocenters. The van der Waals surface area contributed by atoms with Crippen LogP contribution in [0.3, 0.4) is 0 Å². The van der Waals surface area contributed by atoms with Gasteiger partial charge in [-0.1, -0.05) is 0 Å². The molecule has 0 aliphatic rings. The van der Waals surface area contributed by atoms with E-state index in [4.69, 9.17) is 4.98 Å². The number of anilines is 1. The van der Waals surface area contributed by atoms with Crippen LogP contribution in [0.25, 0.3) is 16.7 Å². The zero-order chi connectivity index (χ0) is 18.3. The average Bonchev–Trinajstić information content (AvgIpc) is 3.18. The zero-order valence-corrected chi connectivity index (χ0v) is 15.6. The predicted octanol–water partition coefficient (Wildman–Crippen LogP) is 3.23. The Labute approximate surface area is 154 Å². The van der Waals surface area contributed by atoms with E-state index < -0.39 is 0 Å². The predicted molar refractivity (Wildman–Crippen MR) is 102 cm³/mol. The largest absolute Gasteiger partial charge is 0.302 e. The van der Waals surface area contributed by atoms with Gasteiger partial charge in [-0.3, -0.25) is 4.79 Å². The smallest absolute Gasteiger partial charge is 0.226 e. The van der Waals surface area contributed by atoms with E-state index in [9.17, 15) is 4.79 Å². The van der Waals surface area contributed by atoms with Gasteiger partial charge in [-0.15, -0.1) is 16.4 Å². The van der Waals surface area contributed by atoms with Gasteiger partial charge >= 0.3 is 0 Å². The number of rotatable bonds is 4. The summed E-state index contributed by atoms with van der Waals surface area (Å²) >= 11 is 1.43. The summed E-state index contributed by atoms with van der Waals surface area (Å²) in [6.07, 6.45) is 2.69. The lowest BCUT2D eigenvalue weighted by Crippen LogP contribution is -2.14. The van der Waals surface area contributed by atoms with Gasteiger partial charge in [0.2, 0.25) is 5.91 Å². The van der Waals surface area contributed by atoms with Crippen molar-refractivity contribution < 1.29 is 4.79 Å². The van der Waals surface area contributed by atoms with Gasteiger partial charge in [0.15, 0.2) is 16.4 Å². The van der Waals surface area contributed by atoms with E-state index in [-0.39, 0.29) is 5.91 Å². The van der Waals surface area contributed by atoms with Crippen molar-refractivity contribution in [3.05, 3.63) is 46.4 Å². The fourth-order valence-electron chi connectivity index (χ4n) is 3.06. The molecule has 0 bridgehead atoms. The quantitative estimate of drug-likeness (QED) is 0.599. The highest BCUT2D eigenvalue weighted by Crippen LogP contribution is 2.22. The Hall–Kier alpha value is -2.87. The Morgan fingerprint density at radius 3 is 2.88 bits per heavy atom. The van der Waals surface area contributed by atoms with Crippen LogP contribution in [0.1, 0.15) is 29.1 Å². The van der Waals surface area contributed by atoms with Crippen LogP contribution >= 0.6 is 11.3 Å². The molecule has 1 amide bonds. The number of fused-ring (bicyclic) bond motifs is 3. The summed E-state index contributed by atoms with van der Waals surface area (Å²) in [5.74, 6) is -0.0504. The van der Waals surface area contributed by atoms with Gasteiger partial charge in [-0.25, -0.2) is 19.5 Å². The fourth-order valence-corrected chi connectivity index (χ4v) is 3.76. The third kappa shape index (κ3) is 2.92. The minimum Gasteiger partial charge on any atom is -0.302 e. The van der Waals surface area contributed by atoms with E-state index in [1.54, 1.807) is 6.20 Å². The molecule has 4 heterocycles. The lowest BCUT2D eigenvalue weighted by molar-refractivity contribution is -0.116. The molecule has 26 heavy (non-hydrogen) atoms. The number of pyridine rings is 1. The topological polar surface area (TPSA) is 85.1 Å². The third-order valence-corrected chi connectivity index (χ3v) is 5.23. The number of nitrogens with zero attached hydrogens (tertiary/aromatic N) is 5. The summed E-state index contributed by atoms with van der Waals surface area (Å²) in [4.78, 5) is 25.5. The molecule has 0 unspecified atom stereocenters. The Bertz CT molecular complexity index is 1130. The van der Waals surface area contributed by atoms with Crippen molar-refractivity contribution >= 4 is 39.1 Å². The standard InChI is InChI=1S/C18H18N6OS/c1-10-9-26-18(20-10)22-15(25)7-6-13-11(2)21-17-14-5-4-8-19-16(14)23-24(17)12(13)3/h4-5,8-9H,6-7H2,1-3H3,(H,20,22,25). The van der Waals surface area contributed by atoms with Gasteiger partial charge in [-0.05, 0) is 44.9 Å².